The van der Waals surface area contributed by atoms with Gasteiger partial charge in [-0.3, -0.25) is 0 Å². The van der Waals surface area contributed by atoms with Gasteiger partial charge in [0.1, 0.15) is 6.10 Å². The highest BCUT2D eigenvalue weighted by atomic mass is 16.5. The Balaban J connectivity index is 1.72. The van der Waals surface area contributed by atoms with Gasteiger partial charge >= 0.3 is 0 Å². The van der Waals surface area contributed by atoms with E-state index in [1.807, 2.05) is 6.26 Å². The summed E-state index contributed by atoms with van der Waals surface area (Å²) < 4.78 is 5.53. The van der Waals surface area contributed by atoms with Crippen molar-refractivity contribution >= 4 is 0 Å². The molecule has 0 amide bonds. The zero-order valence-electron chi connectivity index (χ0n) is 9.25. The minimum Gasteiger partial charge on any atom is -0.497 e. The van der Waals surface area contributed by atoms with Crippen molar-refractivity contribution in [3.63, 3.8) is 0 Å². The summed E-state index contributed by atoms with van der Waals surface area (Å²) in [6.45, 7) is 5.61. The average molecular weight is 195 g/mol. The van der Waals surface area contributed by atoms with Crippen LogP contribution < -0.4 is 5.32 Å². The molecular weight excluding hydrogens is 174 g/mol. The molecule has 1 fully saturated rings. The Morgan fingerprint density at radius 1 is 1.36 bits per heavy atom. The lowest BCUT2D eigenvalue weighted by Gasteiger charge is -2.29. The van der Waals surface area contributed by atoms with E-state index in [0.717, 1.165) is 25.3 Å². The normalized spacial score (nSPS) is 27.4. The molecule has 1 aliphatic carbocycles. The van der Waals surface area contributed by atoms with Crippen molar-refractivity contribution in [1.29, 1.82) is 0 Å². The first-order chi connectivity index (χ1) is 6.68. The average Bonchev–Trinajstić information content (AvgIpc) is 3.00. The summed E-state index contributed by atoms with van der Waals surface area (Å²) in [6.07, 6.45) is 9.44. The monoisotopic (exact) mass is 195 g/mol. The number of hydrogen-bond donors (Lipinski definition) is 1. The first-order valence-corrected chi connectivity index (χ1v) is 5.74. The fourth-order valence-corrected chi connectivity index (χ4v) is 2.06. The molecule has 2 rings (SSSR count). The van der Waals surface area contributed by atoms with Crippen LogP contribution >= 0.6 is 0 Å². The van der Waals surface area contributed by atoms with Crippen molar-refractivity contribution in [1.82, 2.24) is 5.32 Å². The Bertz CT molecular complexity index is 218. The molecular formula is C12H21NO. The van der Waals surface area contributed by atoms with Crippen molar-refractivity contribution in [3.8, 4) is 0 Å². The molecule has 0 aromatic carbocycles. The van der Waals surface area contributed by atoms with Gasteiger partial charge in [-0.05, 0) is 51.5 Å². The maximum absolute atomic E-state index is 5.53. The van der Waals surface area contributed by atoms with Crippen molar-refractivity contribution in [3.05, 3.63) is 12.3 Å². The fourth-order valence-electron chi connectivity index (χ4n) is 2.06. The number of ether oxygens (including phenoxy) is 1. The third-order valence-electron chi connectivity index (χ3n) is 3.41. The van der Waals surface area contributed by atoms with E-state index in [9.17, 15) is 0 Å². The van der Waals surface area contributed by atoms with Gasteiger partial charge in [0.05, 0.1) is 6.26 Å². The summed E-state index contributed by atoms with van der Waals surface area (Å²) in [7, 11) is 0. The highest BCUT2D eigenvalue weighted by Crippen LogP contribution is 2.39. The molecule has 0 saturated heterocycles. The predicted octanol–water partition coefficient (Wildman–Crippen LogP) is 2.46. The summed E-state index contributed by atoms with van der Waals surface area (Å²) in [4.78, 5) is 0. The summed E-state index contributed by atoms with van der Waals surface area (Å²) in [5.74, 6) is 0.890. The van der Waals surface area contributed by atoms with Crippen LogP contribution in [0.3, 0.4) is 0 Å². The van der Waals surface area contributed by atoms with Crippen LogP contribution in [0.1, 0.15) is 39.5 Å². The Morgan fingerprint density at radius 2 is 2.14 bits per heavy atom. The van der Waals surface area contributed by atoms with E-state index < -0.39 is 0 Å². The van der Waals surface area contributed by atoms with Crippen molar-refractivity contribution in [2.75, 3.05) is 6.54 Å². The molecule has 2 heteroatoms. The van der Waals surface area contributed by atoms with Crippen LogP contribution in [0.25, 0.3) is 0 Å². The van der Waals surface area contributed by atoms with Gasteiger partial charge in [-0.2, -0.15) is 0 Å². The molecule has 1 saturated carbocycles. The maximum atomic E-state index is 5.53. The second-order valence-electron chi connectivity index (χ2n) is 5.08. The van der Waals surface area contributed by atoms with Gasteiger partial charge in [0.15, 0.2) is 0 Å². The maximum Gasteiger partial charge on any atom is 0.110 e. The molecule has 1 heterocycles. The SMILES string of the molecule is CC(C)(NCC1CCC=CO1)C1CC1. The van der Waals surface area contributed by atoms with Crippen LogP contribution in [0.2, 0.25) is 0 Å². The van der Waals surface area contributed by atoms with Crippen LogP contribution in [0, 0.1) is 5.92 Å². The van der Waals surface area contributed by atoms with Gasteiger partial charge in [-0.15, -0.1) is 0 Å². The van der Waals surface area contributed by atoms with Crippen molar-refractivity contribution in [2.45, 2.75) is 51.2 Å². The lowest BCUT2D eigenvalue weighted by molar-refractivity contribution is 0.111. The highest BCUT2D eigenvalue weighted by molar-refractivity contribution is 4.95. The number of hydrogen-bond acceptors (Lipinski definition) is 2. The van der Waals surface area contributed by atoms with Gasteiger partial charge in [0.25, 0.3) is 0 Å². The van der Waals surface area contributed by atoms with Crippen LogP contribution in [0.15, 0.2) is 12.3 Å². The van der Waals surface area contributed by atoms with Gasteiger partial charge in [0.2, 0.25) is 0 Å². The van der Waals surface area contributed by atoms with Gasteiger partial charge in [-0.25, -0.2) is 0 Å². The van der Waals surface area contributed by atoms with E-state index in [2.05, 4.69) is 25.2 Å². The molecule has 1 N–H and O–H groups in total. The second-order valence-corrected chi connectivity index (χ2v) is 5.08. The molecule has 0 radical (unpaired) electrons. The van der Waals surface area contributed by atoms with Crippen molar-refractivity contribution in [2.24, 2.45) is 5.92 Å². The first-order valence-electron chi connectivity index (χ1n) is 5.74. The van der Waals surface area contributed by atoms with E-state index in [1.165, 1.54) is 12.8 Å². The van der Waals surface area contributed by atoms with E-state index >= 15 is 0 Å². The molecule has 0 aromatic heterocycles. The quantitative estimate of drug-likeness (QED) is 0.744. The standard InChI is InChI=1S/C12H21NO/c1-12(2,10-6-7-10)13-9-11-5-3-4-8-14-11/h4,8,10-11,13H,3,5-7,9H2,1-2H3. The zero-order chi connectivity index (χ0) is 10.0. The smallest absolute Gasteiger partial charge is 0.110 e. The molecule has 0 bridgehead atoms. The number of rotatable bonds is 4. The summed E-state index contributed by atoms with van der Waals surface area (Å²) in [6, 6.07) is 0. The van der Waals surface area contributed by atoms with Crippen molar-refractivity contribution < 1.29 is 4.74 Å². The molecule has 2 aliphatic rings. The second kappa shape index (κ2) is 3.93. The van der Waals surface area contributed by atoms with Gasteiger partial charge < -0.3 is 10.1 Å². The first kappa shape index (κ1) is 10.0. The van der Waals surface area contributed by atoms with E-state index in [1.54, 1.807) is 0 Å². The van der Waals surface area contributed by atoms with E-state index in [4.69, 9.17) is 4.74 Å². The lowest BCUT2D eigenvalue weighted by atomic mass is 9.98. The molecule has 14 heavy (non-hydrogen) atoms. The van der Waals surface area contributed by atoms with Crippen LogP contribution in [-0.4, -0.2) is 18.2 Å². The van der Waals surface area contributed by atoms with Crippen LogP contribution in [-0.2, 0) is 4.74 Å². The minimum absolute atomic E-state index is 0.310. The van der Waals surface area contributed by atoms with Gasteiger partial charge in [0, 0.05) is 12.1 Å². The molecule has 2 nitrogen and oxygen atoms in total. The predicted molar refractivity (Wildman–Crippen MR) is 58.1 cm³/mol. The summed E-state index contributed by atoms with van der Waals surface area (Å²) >= 11 is 0. The number of nitrogens with one attached hydrogen (secondary N) is 1. The molecule has 1 atom stereocenters. The zero-order valence-corrected chi connectivity index (χ0v) is 9.25. The lowest BCUT2D eigenvalue weighted by Crippen LogP contribution is -2.45. The minimum atomic E-state index is 0.310. The topological polar surface area (TPSA) is 21.3 Å². The van der Waals surface area contributed by atoms with E-state index in [0.29, 0.717) is 11.6 Å². The summed E-state index contributed by atoms with van der Waals surface area (Å²) in [5, 5.41) is 3.63. The Labute approximate surface area is 86.7 Å². The number of allylic oxidation sites excluding steroid dienone is 1. The highest BCUT2D eigenvalue weighted by Gasteiger charge is 2.37. The Hall–Kier alpha value is -0.500. The molecule has 80 valence electrons. The molecule has 0 spiro atoms. The summed E-state index contributed by atoms with van der Waals surface area (Å²) in [5.41, 5.74) is 0.310. The van der Waals surface area contributed by atoms with Crippen LogP contribution in [0.5, 0.6) is 0 Å². The third kappa shape index (κ3) is 2.50. The van der Waals surface area contributed by atoms with E-state index in [-0.39, 0.29) is 0 Å². The Morgan fingerprint density at radius 3 is 2.71 bits per heavy atom. The Kier molecular flexibility index (Phi) is 2.82. The fraction of sp³-hybridized carbons (Fsp3) is 0.833. The molecule has 1 aliphatic heterocycles. The molecule has 1 unspecified atom stereocenters. The third-order valence-corrected chi connectivity index (χ3v) is 3.41. The largest absolute Gasteiger partial charge is 0.497 e. The van der Waals surface area contributed by atoms with Crippen LogP contribution in [0.4, 0.5) is 0 Å². The van der Waals surface area contributed by atoms with Gasteiger partial charge in [-0.1, -0.05) is 0 Å². The molecule has 0 aromatic rings.